The number of aryl methyl sites for hydroxylation is 1. The van der Waals surface area contributed by atoms with Crippen molar-refractivity contribution in [2.75, 3.05) is 11.9 Å². The van der Waals surface area contributed by atoms with Crippen LogP contribution >= 0.6 is 0 Å². The molecule has 1 aromatic heterocycles. The molecule has 7 heteroatoms. The van der Waals surface area contributed by atoms with Crippen molar-refractivity contribution in [2.45, 2.75) is 12.7 Å². The highest BCUT2D eigenvalue weighted by molar-refractivity contribution is 5.57. The van der Waals surface area contributed by atoms with Crippen LogP contribution in [-0.2, 0) is 19.8 Å². The fraction of sp³-hybridized carbons (Fsp3) is 0.286. The van der Waals surface area contributed by atoms with Crippen LogP contribution in [0.5, 0.6) is 0 Å². The molecular formula is C14H13F3N4. The van der Waals surface area contributed by atoms with E-state index in [0.717, 1.165) is 6.07 Å². The van der Waals surface area contributed by atoms with E-state index < -0.39 is 11.7 Å². The van der Waals surface area contributed by atoms with Gasteiger partial charge < -0.3 is 9.47 Å². The van der Waals surface area contributed by atoms with Gasteiger partial charge in [-0.3, -0.25) is 0 Å². The van der Waals surface area contributed by atoms with Crippen LogP contribution in [0.3, 0.4) is 0 Å². The number of alkyl halides is 3. The Bertz CT molecular complexity index is 682. The van der Waals surface area contributed by atoms with Crippen LogP contribution in [0.25, 0.3) is 0 Å². The van der Waals surface area contributed by atoms with Crippen molar-refractivity contribution in [3.63, 3.8) is 0 Å². The molecule has 0 aliphatic heterocycles. The first-order valence-corrected chi connectivity index (χ1v) is 6.11. The van der Waals surface area contributed by atoms with Crippen LogP contribution in [0.15, 0.2) is 30.6 Å². The third-order valence-corrected chi connectivity index (χ3v) is 3.14. The number of nitriles is 1. The number of rotatable bonds is 3. The lowest BCUT2D eigenvalue weighted by Crippen LogP contribution is -2.22. The Hall–Kier alpha value is -2.49. The molecule has 0 atom stereocenters. The monoisotopic (exact) mass is 294 g/mol. The zero-order valence-corrected chi connectivity index (χ0v) is 11.5. The summed E-state index contributed by atoms with van der Waals surface area (Å²) < 4.78 is 41.1. The summed E-state index contributed by atoms with van der Waals surface area (Å²) in [6.07, 6.45) is -1.20. The maximum Gasteiger partial charge on any atom is 0.418 e. The molecule has 0 fully saturated rings. The third kappa shape index (κ3) is 3.16. The van der Waals surface area contributed by atoms with E-state index in [0.29, 0.717) is 5.82 Å². The minimum Gasteiger partial charge on any atom is -0.367 e. The van der Waals surface area contributed by atoms with Gasteiger partial charge in [-0.15, -0.1) is 0 Å². The fourth-order valence-electron chi connectivity index (χ4n) is 2.01. The molecule has 0 saturated carbocycles. The van der Waals surface area contributed by atoms with Crippen molar-refractivity contribution in [1.29, 1.82) is 5.26 Å². The summed E-state index contributed by atoms with van der Waals surface area (Å²) in [7, 11) is 3.34. The van der Waals surface area contributed by atoms with Gasteiger partial charge in [0.25, 0.3) is 0 Å². The molecule has 1 heterocycles. The molecule has 0 spiro atoms. The molecule has 2 aromatic rings. The summed E-state index contributed by atoms with van der Waals surface area (Å²) in [5, 5.41) is 8.76. The molecule has 1 aromatic carbocycles. The van der Waals surface area contributed by atoms with Crippen LogP contribution in [0.2, 0.25) is 0 Å². The first kappa shape index (κ1) is 14.9. The SMILES string of the molecule is CN(Cc1nccn1C)c1ccc(C#N)cc1C(F)(F)F. The van der Waals surface area contributed by atoms with Gasteiger partial charge in [0.2, 0.25) is 0 Å². The second-order valence-corrected chi connectivity index (χ2v) is 4.65. The summed E-state index contributed by atoms with van der Waals surface area (Å²) in [6.45, 7) is 0.235. The Morgan fingerprint density at radius 3 is 2.62 bits per heavy atom. The molecule has 0 aliphatic carbocycles. The van der Waals surface area contributed by atoms with E-state index in [1.54, 1.807) is 37.1 Å². The van der Waals surface area contributed by atoms with Gasteiger partial charge >= 0.3 is 6.18 Å². The van der Waals surface area contributed by atoms with E-state index in [4.69, 9.17) is 5.26 Å². The first-order valence-electron chi connectivity index (χ1n) is 6.11. The van der Waals surface area contributed by atoms with Crippen LogP contribution in [-0.4, -0.2) is 16.6 Å². The van der Waals surface area contributed by atoms with Crippen LogP contribution in [0.1, 0.15) is 17.0 Å². The molecule has 0 aliphatic rings. The Kier molecular flexibility index (Phi) is 3.89. The number of hydrogen-bond acceptors (Lipinski definition) is 3. The van der Waals surface area contributed by atoms with Crippen LogP contribution in [0.4, 0.5) is 18.9 Å². The lowest BCUT2D eigenvalue weighted by atomic mass is 10.1. The summed E-state index contributed by atoms with van der Waals surface area (Å²) in [5.74, 6) is 0.648. The summed E-state index contributed by atoms with van der Waals surface area (Å²) in [5.41, 5.74) is -0.820. The van der Waals surface area contributed by atoms with Gasteiger partial charge in [0.05, 0.1) is 23.7 Å². The Labute approximate surface area is 120 Å². The Morgan fingerprint density at radius 2 is 2.10 bits per heavy atom. The maximum atomic E-state index is 13.1. The zero-order valence-electron chi connectivity index (χ0n) is 11.5. The predicted molar refractivity (Wildman–Crippen MR) is 71.5 cm³/mol. The average Bonchev–Trinajstić information content (AvgIpc) is 2.82. The minimum absolute atomic E-state index is 0.0172. The normalized spacial score (nSPS) is 11.2. The number of halogens is 3. The van der Waals surface area contributed by atoms with Gasteiger partial charge in [0, 0.05) is 32.2 Å². The van der Waals surface area contributed by atoms with Crippen molar-refractivity contribution in [3.8, 4) is 6.07 Å². The van der Waals surface area contributed by atoms with E-state index in [1.165, 1.54) is 17.0 Å². The van der Waals surface area contributed by atoms with Crippen LogP contribution < -0.4 is 4.90 Å². The zero-order chi connectivity index (χ0) is 15.6. The third-order valence-electron chi connectivity index (χ3n) is 3.14. The van der Waals surface area contributed by atoms with Crippen molar-refractivity contribution >= 4 is 5.69 Å². The average molecular weight is 294 g/mol. The maximum absolute atomic E-state index is 13.1. The number of benzene rings is 1. The highest BCUT2D eigenvalue weighted by atomic mass is 19.4. The number of anilines is 1. The van der Waals surface area contributed by atoms with Crippen molar-refractivity contribution in [1.82, 2.24) is 9.55 Å². The molecule has 4 nitrogen and oxygen atoms in total. The highest BCUT2D eigenvalue weighted by Gasteiger charge is 2.34. The molecule has 0 amide bonds. The van der Waals surface area contributed by atoms with E-state index >= 15 is 0 Å². The van der Waals surface area contributed by atoms with Gasteiger partial charge in [-0.25, -0.2) is 4.98 Å². The predicted octanol–water partition coefficient (Wildman–Crippen LogP) is 2.95. The van der Waals surface area contributed by atoms with Gasteiger partial charge in [0.1, 0.15) is 5.82 Å². The van der Waals surface area contributed by atoms with E-state index in [9.17, 15) is 13.2 Å². The number of hydrogen-bond donors (Lipinski definition) is 0. The second kappa shape index (κ2) is 5.48. The van der Waals surface area contributed by atoms with Gasteiger partial charge in [-0.1, -0.05) is 0 Å². The van der Waals surface area contributed by atoms with Crippen molar-refractivity contribution in [3.05, 3.63) is 47.5 Å². The first-order chi connectivity index (χ1) is 9.82. The van der Waals surface area contributed by atoms with Gasteiger partial charge in [-0.2, -0.15) is 18.4 Å². The largest absolute Gasteiger partial charge is 0.418 e. The molecule has 0 saturated heterocycles. The Morgan fingerprint density at radius 1 is 1.38 bits per heavy atom. The van der Waals surface area contributed by atoms with Crippen molar-refractivity contribution < 1.29 is 13.2 Å². The molecule has 0 unspecified atom stereocenters. The molecule has 110 valence electrons. The quantitative estimate of drug-likeness (QED) is 0.874. The molecule has 0 bridgehead atoms. The van der Waals surface area contributed by atoms with E-state index in [1.807, 2.05) is 0 Å². The molecular weight excluding hydrogens is 281 g/mol. The van der Waals surface area contributed by atoms with Crippen molar-refractivity contribution in [2.24, 2.45) is 7.05 Å². The van der Waals surface area contributed by atoms with Gasteiger partial charge in [0.15, 0.2) is 0 Å². The number of nitrogens with zero attached hydrogens (tertiary/aromatic N) is 4. The van der Waals surface area contributed by atoms with Gasteiger partial charge in [-0.05, 0) is 18.2 Å². The summed E-state index contributed by atoms with van der Waals surface area (Å²) >= 11 is 0. The lowest BCUT2D eigenvalue weighted by Gasteiger charge is -2.23. The fourth-order valence-corrected chi connectivity index (χ4v) is 2.01. The molecule has 21 heavy (non-hydrogen) atoms. The lowest BCUT2D eigenvalue weighted by molar-refractivity contribution is -0.137. The molecule has 0 radical (unpaired) electrons. The molecule has 0 N–H and O–H groups in total. The summed E-state index contributed by atoms with van der Waals surface area (Å²) in [4.78, 5) is 5.56. The highest BCUT2D eigenvalue weighted by Crippen LogP contribution is 2.37. The number of aromatic nitrogens is 2. The minimum atomic E-state index is -4.52. The smallest absolute Gasteiger partial charge is 0.367 e. The second-order valence-electron chi connectivity index (χ2n) is 4.65. The van der Waals surface area contributed by atoms with E-state index in [-0.39, 0.29) is 17.8 Å². The number of imidazole rings is 1. The van der Waals surface area contributed by atoms with E-state index in [2.05, 4.69) is 4.98 Å². The summed E-state index contributed by atoms with van der Waals surface area (Å²) in [6, 6.07) is 5.27. The standard InChI is InChI=1S/C14H13F3N4/c1-20-6-5-19-13(20)9-21(2)12-4-3-10(8-18)7-11(12)14(15,16)17/h3-7H,9H2,1-2H3. The Balaban J connectivity index is 2.39. The molecule has 2 rings (SSSR count). The van der Waals surface area contributed by atoms with Crippen LogP contribution in [0, 0.1) is 11.3 Å². The topological polar surface area (TPSA) is 44.9 Å².